The van der Waals surface area contributed by atoms with Crippen LogP contribution in [0, 0.1) is 0 Å². The molecule has 2 aliphatic heterocycles. The van der Waals surface area contributed by atoms with Crippen LogP contribution in [0.15, 0.2) is 40.8 Å². The van der Waals surface area contributed by atoms with Crippen molar-refractivity contribution < 1.29 is 23.5 Å². The van der Waals surface area contributed by atoms with Crippen LogP contribution in [0.3, 0.4) is 0 Å². The molecule has 1 saturated heterocycles. The van der Waals surface area contributed by atoms with E-state index in [-0.39, 0.29) is 18.2 Å². The summed E-state index contributed by atoms with van der Waals surface area (Å²) >= 11 is 0. The third-order valence-corrected chi connectivity index (χ3v) is 5.62. The maximum atomic E-state index is 13.0. The van der Waals surface area contributed by atoms with Crippen molar-refractivity contribution in [2.75, 3.05) is 26.0 Å². The van der Waals surface area contributed by atoms with E-state index >= 15 is 0 Å². The normalized spacial score (nSPS) is 20.1. The molecule has 4 heterocycles. The molecule has 0 saturated carbocycles. The number of ether oxygens (including phenoxy) is 1. The summed E-state index contributed by atoms with van der Waals surface area (Å²) in [6.45, 7) is 0.199. The number of amides is 4. The maximum Gasteiger partial charge on any atom is 0.322 e. The first-order chi connectivity index (χ1) is 14.9. The van der Waals surface area contributed by atoms with E-state index in [9.17, 15) is 14.4 Å². The summed E-state index contributed by atoms with van der Waals surface area (Å²) in [5.74, 6) is 0.556. The smallest absolute Gasteiger partial charge is 0.322 e. The number of carbonyl (C=O) groups is 3. The Morgan fingerprint density at radius 2 is 2.06 bits per heavy atom. The lowest BCUT2D eigenvalue weighted by atomic mass is 9.95. The number of furan rings is 1. The quantitative estimate of drug-likeness (QED) is 0.534. The highest BCUT2D eigenvalue weighted by Crippen LogP contribution is 2.34. The van der Waals surface area contributed by atoms with E-state index in [2.05, 4.69) is 20.9 Å². The number of benzene rings is 1. The van der Waals surface area contributed by atoms with Gasteiger partial charge in [0.05, 0.1) is 13.7 Å². The fourth-order valence-corrected chi connectivity index (χ4v) is 4.01. The van der Waals surface area contributed by atoms with Crippen LogP contribution < -0.4 is 20.7 Å². The van der Waals surface area contributed by atoms with Gasteiger partial charge in [-0.1, -0.05) is 6.07 Å². The molecule has 0 bridgehead atoms. The summed E-state index contributed by atoms with van der Waals surface area (Å²) < 4.78 is 11.1. The molecule has 4 amide bonds. The van der Waals surface area contributed by atoms with Crippen molar-refractivity contribution >= 4 is 34.8 Å². The molecule has 2 aromatic heterocycles. The molecule has 1 fully saturated rings. The molecule has 158 valence electrons. The Labute approximate surface area is 176 Å². The molecule has 0 radical (unpaired) electrons. The van der Waals surface area contributed by atoms with E-state index in [4.69, 9.17) is 9.15 Å². The molecular weight excluding hydrogens is 402 g/mol. The first kappa shape index (κ1) is 18.9. The predicted molar refractivity (Wildman–Crippen MR) is 110 cm³/mol. The van der Waals surface area contributed by atoms with Gasteiger partial charge >= 0.3 is 6.03 Å². The van der Waals surface area contributed by atoms with E-state index in [0.29, 0.717) is 34.8 Å². The van der Waals surface area contributed by atoms with E-state index < -0.39 is 17.5 Å². The van der Waals surface area contributed by atoms with Crippen molar-refractivity contribution in [3.63, 3.8) is 0 Å². The first-order valence-corrected chi connectivity index (χ1v) is 9.62. The topological polar surface area (TPSA) is 126 Å². The Hall–Kier alpha value is -4.08. The van der Waals surface area contributed by atoms with Crippen LogP contribution in [0.2, 0.25) is 0 Å². The fourth-order valence-electron chi connectivity index (χ4n) is 4.01. The average Bonchev–Trinajstić information content (AvgIpc) is 3.41. The second-order valence-electron chi connectivity index (χ2n) is 7.44. The molecule has 31 heavy (non-hydrogen) atoms. The second kappa shape index (κ2) is 6.73. The van der Waals surface area contributed by atoms with Gasteiger partial charge in [-0.3, -0.25) is 14.9 Å². The SMILES string of the molecule is CNc1ccc2oc([C@]3(CN4Cc5ccc(OC)cc5C4=O)NC(=O)NC3=O)cc2n1. The molecule has 3 N–H and O–H groups in total. The predicted octanol–water partition coefficient (Wildman–Crippen LogP) is 1.57. The van der Waals surface area contributed by atoms with E-state index in [1.807, 2.05) is 6.07 Å². The number of pyridine rings is 1. The summed E-state index contributed by atoms with van der Waals surface area (Å²) in [5.41, 5.74) is 0.734. The number of carbonyl (C=O) groups excluding carboxylic acids is 3. The number of nitrogens with zero attached hydrogens (tertiary/aromatic N) is 2. The zero-order valence-corrected chi connectivity index (χ0v) is 16.8. The van der Waals surface area contributed by atoms with Crippen molar-refractivity contribution in [1.29, 1.82) is 0 Å². The number of aromatic nitrogens is 1. The molecule has 1 aromatic carbocycles. The summed E-state index contributed by atoms with van der Waals surface area (Å²) in [7, 11) is 3.27. The Morgan fingerprint density at radius 3 is 2.77 bits per heavy atom. The largest absolute Gasteiger partial charge is 0.497 e. The molecule has 0 aliphatic carbocycles. The number of hydrogen-bond donors (Lipinski definition) is 3. The van der Waals surface area contributed by atoms with Crippen LogP contribution in [-0.2, 0) is 16.9 Å². The van der Waals surface area contributed by atoms with Crippen molar-refractivity contribution in [3.8, 4) is 5.75 Å². The third-order valence-electron chi connectivity index (χ3n) is 5.62. The number of hydrogen-bond acceptors (Lipinski definition) is 7. The van der Waals surface area contributed by atoms with Crippen LogP contribution in [0.5, 0.6) is 5.75 Å². The van der Waals surface area contributed by atoms with Crippen molar-refractivity contribution in [3.05, 3.63) is 53.3 Å². The Bertz CT molecular complexity index is 1250. The monoisotopic (exact) mass is 421 g/mol. The number of urea groups is 1. The standard InChI is InChI=1S/C21H19N5O5/c1-22-17-6-5-15-14(23-17)8-16(31-15)21(19(28)24-20(29)25-21)10-26-9-11-3-4-12(30-2)7-13(11)18(26)27/h3-8H,9-10H2,1-2H3,(H,22,23)(H2,24,25,28,29)/t21-/m0/s1. The fraction of sp³-hybridized carbons (Fsp3) is 0.238. The minimum atomic E-state index is -1.57. The van der Waals surface area contributed by atoms with Gasteiger partial charge in [0.1, 0.15) is 22.8 Å². The number of rotatable bonds is 5. The van der Waals surface area contributed by atoms with Crippen LogP contribution in [0.25, 0.3) is 11.1 Å². The number of anilines is 1. The second-order valence-corrected chi connectivity index (χ2v) is 7.44. The summed E-state index contributed by atoms with van der Waals surface area (Å²) in [5, 5.41) is 7.87. The van der Waals surface area contributed by atoms with E-state index in [1.54, 1.807) is 37.4 Å². The molecule has 10 nitrogen and oxygen atoms in total. The minimum absolute atomic E-state index is 0.0981. The highest BCUT2D eigenvalue weighted by molar-refractivity contribution is 6.08. The molecule has 3 aromatic rings. The van der Waals surface area contributed by atoms with Gasteiger partial charge in [0, 0.05) is 25.2 Å². The molecular formula is C21H19N5O5. The van der Waals surface area contributed by atoms with Crippen LogP contribution in [0.1, 0.15) is 21.7 Å². The van der Waals surface area contributed by atoms with Gasteiger partial charge in [0.15, 0.2) is 11.1 Å². The number of methoxy groups -OCH3 is 1. The molecule has 0 spiro atoms. The Morgan fingerprint density at radius 1 is 1.23 bits per heavy atom. The highest BCUT2D eigenvalue weighted by atomic mass is 16.5. The molecule has 1 atom stereocenters. The van der Waals surface area contributed by atoms with Gasteiger partial charge in [0.25, 0.3) is 11.8 Å². The van der Waals surface area contributed by atoms with Crippen LogP contribution in [-0.4, -0.2) is 48.4 Å². The number of nitrogens with one attached hydrogen (secondary N) is 3. The zero-order chi connectivity index (χ0) is 21.8. The van der Waals surface area contributed by atoms with E-state index in [1.165, 1.54) is 12.0 Å². The van der Waals surface area contributed by atoms with E-state index in [0.717, 1.165) is 5.56 Å². The average molecular weight is 421 g/mol. The lowest BCUT2D eigenvalue weighted by molar-refractivity contribution is -0.125. The Balaban J connectivity index is 1.54. The maximum absolute atomic E-state index is 13.0. The van der Waals surface area contributed by atoms with Gasteiger partial charge in [-0.15, -0.1) is 0 Å². The van der Waals surface area contributed by atoms with Crippen LogP contribution in [0.4, 0.5) is 10.6 Å². The first-order valence-electron chi connectivity index (χ1n) is 9.62. The molecule has 0 unspecified atom stereocenters. The number of fused-ring (bicyclic) bond motifs is 2. The lowest BCUT2D eigenvalue weighted by Gasteiger charge is -2.28. The van der Waals surface area contributed by atoms with Crippen molar-refractivity contribution in [2.45, 2.75) is 12.1 Å². The Kier molecular flexibility index (Phi) is 4.10. The highest BCUT2D eigenvalue weighted by Gasteiger charge is 2.53. The molecule has 2 aliphatic rings. The van der Waals surface area contributed by atoms with Gasteiger partial charge in [0.2, 0.25) is 0 Å². The van der Waals surface area contributed by atoms with Crippen molar-refractivity contribution in [1.82, 2.24) is 20.5 Å². The summed E-state index contributed by atoms with van der Waals surface area (Å²) in [6, 6.07) is 9.68. The van der Waals surface area contributed by atoms with Gasteiger partial charge in [-0.25, -0.2) is 9.78 Å². The molecule has 5 rings (SSSR count). The van der Waals surface area contributed by atoms with Gasteiger partial charge in [-0.2, -0.15) is 0 Å². The van der Waals surface area contributed by atoms with Gasteiger partial charge in [-0.05, 0) is 29.8 Å². The van der Waals surface area contributed by atoms with Crippen LogP contribution >= 0.6 is 0 Å². The summed E-state index contributed by atoms with van der Waals surface area (Å²) in [4.78, 5) is 44.0. The molecule has 10 heteroatoms. The van der Waals surface area contributed by atoms with Gasteiger partial charge < -0.3 is 24.7 Å². The minimum Gasteiger partial charge on any atom is -0.497 e. The van der Waals surface area contributed by atoms with Crippen molar-refractivity contribution in [2.24, 2.45) is 0 Å². The third kappa shape index (κ3) is 2.87. The number of imide groups is 1. The zero-order valence-electron chi connectivity index (χ0n) is 16.8. The summed E-state index contributed by atoms with van der Waals surface area (Å²) in [6.07, 6.45) is 0. The lowest BCUT2D eigenvalue weighted by Crippen LogP contribution is -2.52.